The Labute approximate surface area is 153 Å². The monoisotopic (exact) mass is 400 g/mol. The van der Waals surface area contributed by atoms with Crippen molar-refractivity contribution in [1.29, 1.82) is 0 Å². The van der Waals surface area contributed by atoms with Gasteiger partial charge in [-0.1, -0.05) is 0 Å². The molecule has 2 aromatic heterocycles. The number of nitrogens with zero attached hydrogens (tertiary/aromatic N) is 3. The third-order valence-corrected chi connectivity index (χ3v) is 3.95. The Balaban J connectivity index is 2.06. The average molecular weight is 400 g/mol. The average Bonchev–Trinajstić information content (AvgIpc) is 3.00. The Morgan fingerprint density at radius 2 is 1.71 bits per heavy atom. The molecular weight excluding hydrogens is 390 g/mol. The predicted molar refractivity (Wildman–Crippen MR) is 86.1 cm³/mol. The van der Waals surface area contributed by atoms with E-state index in [1.807, 2.05) is 0 Å². The number of halogens is 6. The van der Waals surface area contributed by atoms with Crippen LogP contribution in [-0.2, 0) is 11.0 Å². The van der Waals surface area contributed by atoms with Crippen molar-refractivity contribution in [2.45, 2.75) is 13.1 Å². The highest BCUT2D eigenvalue weighted by atomic mass is 19.4. The third-order valence-electron chi connectivity index (χ3n) is 3.95. The van der Waals surface area contributed by atoms with Crippen LogP contribution in [0, 0.1) is 24.4 Å². The Bertz CT molecular complexity index is 1030. The number of aromatic nitrogens is 3. The van der Waals surface area contributed by atoms with Crippen LogP contribution in [0.25, 0.3) is 11.3 Å². The molecule has 2 heterocycles. The van der Waals surface area contributed by atoms with Gasteiger partial charge in [-0.05, 0) is 25.1 Å². The van der Waals surface area contributed by atoms with Crippen LogP contribution in [0.5, 0.6) is 0 Å². The topological polar surface area (TPSA) is 61.9 Å². The smallest absolute Gasteiger partial charge is 0.278 e. The number of carbonyl (C=O) groups excluding carboxylic acids is 1. The van der Waals surface area contributed by atoms with Crippen molar-refractivity contribution < 1.29 is 31.1 Å². The molecule has 0 spiro atoms. The Kier molecular flexibility index (Phi) is 4.84. The lowest BCUT2D eigenvalue weighted by molar-refractivity contribution is -0.141. The standard InChI is InChI=1S/C17H10F6N4O/c1-8-14(25-26-16(8)17(21,22)23)10-3-2-9(4-11(10)18)27(7-28)15-12(19)5-24-6-13(15)20/h2-7H,1H3,(H,25,26). The van der Waals surface area contributed by atoms with Gasteiger partial charge in [-0.15, -0.1) is 0 Å². The zero-order valence-corrected chi connectivity index (χ0v) is 14.0. The second-order valence-corrected chi connectivity index (χ2v) is 5.66. The molecule has 0 unspecified atom stereocenters. The molecule has 0 saturated carbocycles. The summed E-state index contributed by atoms with van der Waals surface area (Å²) in [5.41, 5.74) is -3.00. The molecule has 11 heteroatoms. The fourth-order valence-corrected chi connectivity index (χ4v) is 2.67. The summed E-state index contributed by atoms with van der Waals surface area (Å²) in [5.74, 6) is -3.34. The molecule has 3 aromatic rings. The van der Waals surface area contributed by atoms with E-state index >= 15 is 0 Å². The highest BCUT2D eigenvalue weighted by molar-refractivity contribution is 5.87. The molecule has 0 radical (unpaired) electrons. The van der Waals surface area contributed by atoms with Gasteiger partial charge in [0.15, 0.2) is 17.3 Å². The lowest BCUT2D eigenvalue weighted by Gasteiger charge is -2.19. The van der Waals surface area contributed by atoms with Crippen LogP contribution in [0.2, 0.25) is 0 Å². The van der Waals surface area contributed by atoms with Gasteiger partial charge in [0.25, 0.3) is 0 Å². The molecule has 0 atom stereocenters. The number of pyridine rings is 1. The fraction of sp³-hybridized carbons (Fsp3) is 0.118. The molecular formula is C17H10F6N4O. The molecule has 1 aromatic carbocycles. The van der Waals surface area contributed by atoms with Gasteiger partial charge in [0, 0.05) is 11.1 Å². The highest BCUT2D eigenvalue weighted by Gasteiger charge is 2.37. The number of anilines is 2. The Morgan fingerprint density at radius 1 is 1.07 bits per heavy atom. The minimum Gasteiger partial charge on any atom is -0.278 e. The Morgan fingerprint density at radius 3 is 2.21 bits per heavy atom. The summed E-state index contributed by atoms with van der Waals surface area (Å²) in [6.45, 7) is 1.12. The maximum absolute atomic E-state index is 14.6. The number of amides is 1. The summed E-state index contributed by atoms with van der Waals surface area (Å²) in [6, 6.07) is 2.95. The molecule has 1 N–H and O–H groups in total. The van der Waals surface area contributed by atoms with Crippen LogP contribution in [0.4, 0.5) is 37.7 Å². The van der Waals surface area contributed by atoms with E-state index in [-0.39, 0.29) is 28.9 Å². The van der Waals surface area contributed by atoms with E-state index in [9.17, 15) is 31.1 Å². The number of aromatic amines is 1. The van der Waals surface area contributed by atoms with Gasteiger partial charge in [0.2, 0.25) is 6.41 Å². The van der Waals surface area contributed by atoms with Gasteiger partial charge in [-0.25, -0.2) is 13.2 Å². The number of nitrogens with one attached hydrogen (secondary N) is 1. The second-order valence-electron chi connectivity index (χ2n) is 5.66. The van der Waals surface area contributed by atoms with E-state index in [1.165, 1.54) is 0 Å². The zero-order chi connectivity index (χ0) is 20.6. The number of hydrogen-bond acceptors (Lipinski definition) is 3. The van der Waals surface area contributed by atoms with E-state index in [2.05, 4.69) is 15.2 Å². The molecule has 0 fully saturated rings. The SMILES string of the molecule is Cc1c(C(F)(F)F)n[nH]c1-c1ccc(N(C=O)c2c(F)cncc2F)cc1F. The number of alkyl halides is 3. The normalized spacial score (nSPS) is 11.5. The first-order chi connectivity index (χ1) is 13.1. The van der Waals surface area contributed by atoms with Gasteiger partial charge in [-0.3, -0.25) is 19.8 Å². The van der Waals surface area contributed by atoms with Crippen LogP contribution in [-0.4, -0.2) is 21.6 Å². The van der Waals surface area contributed by atoms with Crippen LogP contribution in [0.3, 0.4) is 0 Å². The summed E-state index contributed by atoms with van der Waals surface area (Å²) in [6.07, 6.45) is -3.31. The number of hydrogen-bond donors (Lipinski definition) is 1. The van der Waals surface area contributed by atoms with E-state index in [0.29, 0.717) is 17.3 Å². The molecule has 5 nitrogen and oxygen atoms in total. The minimum atomic E-state index is -4.72. The lowest BCUT2D eigenvalue weighted by Crippen LogP contribution is -2.17. The molecule has 146 valence electrons. The van der Waals surface area contributed by atoms with Crippen LogP contribution in [0.15, 0.2) is 30.6 Å². The molecule has 28 heavy (non-hydrogen) atoms. The first-order valence-corrected chi connectivity index (χ1v) is 7.60. The molecule has 0 saturated heterocycles. The molecule has 0 bridgehead atoms. The number of carbonyl (C=O) groups is 1. The van der Waals surface area contributed by atoms with Gasteiger partial charge < -0.3 is 0 Å². The maximum atomic E-state index is 14.6. The van der Waals surface area contributed by atoms with Crippen LogP contribution < -0.4 is 4.90 Å². The maximum Gasteiger partial charge on any atom is 0.435 e. The van der Waals surface area contributed by atoms with Crippen LogP contribution >= 0.6 is 0 Å². The van der Waals surface area contributed by atoms with E-state index in [1.54, 1.807) is 0 Å². The summed E-state index contributed by atoms with van der Waals surface area (Å²) in [7, 11) is 0. The summed E-state index contributed by atoms with van der Waals surface area (Å²) in [4.78, 5) is 15.2. The van der Waals surface area contributed by atoms with Crippen LogP contribution in [0.1, 0.15) is 11.3 Å². The van der Waals surface area contributed by atoms with Crippen molar-refractivity contribution in [1.82, 2.24) is 15.2 Å². The fourth-order valence-electron chi connectivity index (χ4n) is 2.67. The van der Waals surface area contributed by atoms with Crippen molar-refractivity contribution in [2.75, 3.05) is 4.90 Å². The predicted octanol–water partition coefficient (Wildman–Crippen LogP) is 4.51. The van der Waals surface area contributed by atoms with Crippen molar-refractivity contribution in [3.05, 3.63) is 59.3 Å². The first-order valence-electron chi connectivity index (χ1n) is 7.60. The van der Waals surface area contributed by atoms with Crippen molar-refractivity contribution >= 4 is 17.8 Å². The van der Waals surface area contributed by atoms with E-state index < -0.39 is 35.0 Å². The highest BCUT2D eigenvalue weighted by Crippen LogP contribution is 2.36. The first kappa shape index (κ1) is 19.4. The number of H-pyrrole nitrogens is 1. The van der Waals surface area contributed by atoms with E-state index in [0.717, 1.165) is 25.1 Å². The minimum absolute atomic E-state index is 0.0686. The molecule has 0 aliphatic rings. The summed E-state index contributed by atoms with van der Waals surface area (Å²) in [5, 5.41) is 5.29. The summed E-state index contributed by atoms with van der Waals surface area (Å²) >= 11 is 0. The molecule has 0 aliphatic heterocycles. The van der Waals surface area contributed by atoms with E-state index in [4.69, 9.17) is 0 Å². The second kappa shape index (κ2) is 6.98. The quantitative estimate of drug-likeness (QED) is 0.518. The van der Waals surface area contributed by atoms with Gasteiger partial charge in [-0.2, -0.15) is 18.3 Å². The Hall–Kier alpha value is -3.37. The third kappa shape index (κ3) is 3.30. The van der Waals surface area contributed by atoms with Crippen molar-refractivity contribution in [3.8, 4) is 11.3 Å². The lowest BCUT2D eigenvalue weighted by atomic mass is 10.1. The largest absolute Gasteiger partial charge is 0.435 e. The molecule has 3 rings (SSSR count). The van der Waals surface area contributed by atoms with Crippen molar-refractivity contribution in [2.24, 2.45) is 0 Å². The van der Waals surface area contributed by atoms with Gasteiger partial charge in [0.05, 0.1) is 23.8 Å². The zero-order valence-electron chi connectivity index (χ0n) is 14.0. The molecule has 1 amide bonds. The number of benzene rings is 1. The van der Waals surface area contributed by atoms with Gasteiger partial charge in [0.1, 0.15) is 11.5 Å². The number of rotatable bonds is 4. The molecule has 0 aliphatic carbocycles. The van der Waals surface area contributed by atoms with Crippen molar-refractivity contribution in [3.63, 3.8) is 0 Å². The van der Waals surface area contributed by atoms with Gasteiger partial charge >= 0.3 is 6.18 Å². The summed E-state index contributed by atoms with van der Waals surface area (Å²) < 4.78 is 80.9.